The minimum Gasteiger partial charge on any atom is -0.497 e. The van der Waals surface area contributed by atoms with E-state index in [-0.39, 0.29) is 39.1 Å². The fourth-order valence-corrected chi connectivity index (χ4v) is 3.65. The van der Waals surface area contributed by atoms with Gasteiger partial charge in [0.2, 0.25) is 0 Å². The summed E-state index contributed by atoms with van der Waals surface area (Å²) in [6.45, 7) is 0. The van der Waals surface area contributed by atoms with Gasteiger partial charge in [-0.1, -0.05) is 11.6 Å². The SMILES string of the molecule is COc1ccc(-c2ccc(/C=C3/C(=O)NC(=O)N(c4ccc(OC)c(Cl)c4)C3=O)o2)c([N+](=O)[O-])c1. The summed E-state index contributed by atoms with van der Waals surface area (Å²) in [4.78, 5) is 49.5. The highest BCUT2D eigenvalue weighted by Gasteiger charge is 2.37. The second-order valence-corrected chi connectivity index (χ2v) is 7.53. The minimum absolute atomic E-state index is 0.0608. The van der Waals surface area contributed by atoms with Crippen LogP contribution in [-0.2, 0) is 9.59 Å². The molecule has 1 aliphatic rings. The normalized spacial score (nSPS) is 14.8. The summed E-state index contributed by atoms with van der Waals surface area (Å²) >= 11 is 6.11. The van der Waals surface area contributed by atoms with Crippen molar-refractivity contribution in [1.82, 2.24) is 5.32 Å². The summed E-state index contributed by atoms with van der Waals surface area (Å²) in [6.07, 6.45) is 1.14. The number of hydrogen-bond donors (Lipinski definition) is 1. The van der Waals surface area contributed by atoms with Crippen LogP contribution in [0.25, 0.3) is 17.4 Å². The molecule has 0 bridgehead atoms. The number of carbonyl (C=O) groups is 3. The number of furan rings is 1. The van der Waals surface area contributed by atoms with E-state index in [4.69, 9.17) is 25.5 Å². The number of carbonyl (C=O) groups excluding carboxylic acids is 3. The van der Waals surface area contributed by atoms with Crippen molar-refractivity contribution >= 4 is 46.9 Å². The fraction of sp³-hybridized carbons (Fsp3) is 0.0870. The zero-order valence-electron chi connectivity index (χ0n) is 18.2. The molecule has 1 N–H and O–H groups in total. The van der Waals surface area contributed by atoms with Gasteiger partial charge >= 0.3 is 6.03 Å². The molecule has 2 aromatic carbocycles. The molecule has 0 atom stereocenters. The topological polar surface area (TPSA) is 141 Å². The number of hydrogen-bond acceptors (Lipinski definition) is 8. The van der Waals surface area contributed by atoms with Gasteiger partial charge in [0.1, 0.15) is 28.6 Å². The van der Waals surface area contributed by atoms with Crippen LogP contribution in [0.2, 0.25) is 5.02 Å². The Balaban J connectivity index is 1.69. The second kappa shape index (κ2) is 9.31. The van der Waals surface area contributed by atoms with Gasteiger partial charge in [-0.25, -0.2) is 9.69 Å². The van der Waals surface area contributed by atoms with Crippen LogP contribution < -0.4 is 19.7 Å². The summed E-state index contributed by atoms with van der Waals surface area (Å²) in [7, 11) is 2.80. The number of nitro benzene ring substituents is 1. The van der Waals surface area contributed by atoms with Crippen molar-refractivity contribution in [3.05, 3.63) is 75.0 Å². The van der Waals surface area contributed by atoms with Crippen molar-refractivity contribution in [3.8, 4) is 22.8 Å². The number of amides is 4. The monoisotopic (exact) mass is 497 g/mol. The second-order valence-electron chi connectivity index (χ2n) is 7.12. The Morgan fingerprint density at radius 1 is 1.06 bits per heavy atom. The Bertz CT molecular complexity index is 1410. The molecule has 3 aromatic rings. The smallest absolute Gasteiger partial charge is 0.335 e. The fourth-order valence-electron chi connectivity index (χ4n) is 3.40. The van der Waals surface area contributed by atoms with E-state index in [0.717, 1.165) is 11.0 Å². The lowest BCUT2D eigenvalue weighted by molar-refractivity contribution is -0.384. The molecule has 0 radical (unpaired) electrons. The maximum atomic E-state index is 13.1. The van der Waals surface area contributed by atoms with E-state index in [1.54, 1.807) is 0 Å². The Hall–Kier alpha value is -4.64. The van der Waals surface area contributed by atoms with Gasteiger partial charge in [-0.15, -0.1) is 0 Å². The molecule has 1 fully saturated rings. The average Bonchev–Trinajstić information content (AvgIpc) is 3.30. The van der Waals surface area contributed by atoms with Crippen LogP contribution in [0.4, 0.5) is 16.2 Å². The predicted molar refractivity (Wildman–Crippen MR) is 124 cm³/mol. The highest BCUT2D eigenvalue weighted by Crippen LogP contribution is 2.35. The molecule has 1 aliphatic heterocycles. The van der Waals surface area contributed by atoms with E-state index >= 15 is 0 Å². The zero-order valence-corrected chi connectivity index (χ0v) is 19.0. The van der Waals surface area contributed by atoms with Crippen LogP contribution >= 0.6 is 11.6 Å². The third-order valence-electron chi connectivity index (χ3n) is 5.08. The molecule has 1 saturated heterocycles. The van der Waals surface area contributed by atoms with Gasteiger partial charge in [0.05, 0.1) is 41.5 Å². The van der Waals surface area contributed by atoms with Gasteiger partial charge in [0, 0.05) is 0 Å². The number of benzene rings is 2. The number of imide groups is 2. The molecule has 35 heavy (non-hydrogen) atoms. The number of methoxy groups -OCH3 is 2. The molecule has 0 aliphatic carbocycles. The molecule has 0 saturated carbocycles. The van der Waals surface area contributed by atoms with E-state index in [9.17, 15) is 24.5 Å². The number of anilines is 1. The van der Waals surface area contributed by atoms with Crippen LogP contribution in [0.1, 0.15) is 5.76 Å². The number of halogens is 1. The zero-order chi connectivity index (χ0) is 25.3. The van der Waals surface area contributed by atoms with Crippen molar-refractivity contribution in [2.45, 2.75) is 0 Å². The molecular formula is C23H16ClN3O8. The quantitative estimate of drug-likeness (QED) is 0.231. The van der Waals surface area contributed by atoms with Gasteiger partial charge in [-0.2, -0.15) is 0 Å². The lowest BCUT2D eigenvalue weighted by Crippen LogP contribution is -2.54. The first-order valence-electron chi connectivity index (χ1n) is 9.91. The molecule has 1 aromatic heterocycles. The Morgan fingerprint density at radius 3 is 2.49 bits per heavy atom. The number of nitrogens with one attached hydrogen (secondary N) is 1. The van der Waals surface area contributed by atoms with Crippen LogP contribution in [-0.4, -0.2) is 37.0 Å². The van der Waals surface area contributed by atoms with Gasteiger partial charge in [-0.3, -0.25) is 25.0 Å². The Kier molecular flexibility index (Phi) is 6.26. The molecular weight excluding hydrogens is 482 g/mol. The summed E-state index contributed by atoms with van der Waals surface area (Å²) in [6, 6.07) is 10.4. The maximum absolute atomic E-state index is 13.1. The largest absolute Gasteiger partial charge is 0.497 e. The first kappa shape index (κ1) is 23.5. The standard InChI is InChI=1S/C23H16ClN3O8/c1-33-13-4-6-15(18(11-13)27(31)32)19-8-5-14(35-19)10-16-21(28)25-23(30)26(22(16)29)12-3-7-20(34-2)17(24)9-12/h3-11H,1-2H3,(H,25,28,30)/b16-10-. The van der Waals surface area contributed by atoms with E-state index in [2.05, 4.69) is 5.32 Å². The average molecular weight is 498 g/mol. The third-order valence-corrected chi connectivity index (χ3v) is 5.37. The lowest BCUT2D eigenvalue weighted by Gasteiger charge is -2.26. The van der Waals surface area contributed by atoms with Crippen molar-refractivity contribution in [2.24, 2.45) is 0 Å². The molecule has 178 valence electrons. The van der Waals surface area contributed by atoms with Crippen LogP contribution in [0.5, 0.6) is 11.5 Å². The number of rotatable bonds is 6. The number of barbiturate groups is 1. The van der Waals surface area contributed by atoms with Gasteiger partial charge in [0.15, 0.2) is 0 Å². The third kappa shape index (κ3) is 4.44. The van der Waals surface area contributed by atoms with E-state index in [0.29, 0.717) is 11.5 Å². The summed E-state index contributed by atoms with van der Waals surface area (Å²) in [5.74, 6) is -1.02. The van der Waals surface area contributed by atoms with Crippen LogP contribution in [0, 0.1) is 10.1 Å². The molecule has 2 heterocycles. The van der Waals surface area contributed by atoms with Gasteiger partial charge < -0.3 is 13.9 Å². The van der Waals surface area contributed by atoms with Crippen molar-refractivity contribution in [3.63, 3.8) is 0 Å². The Labute approximate surface area is 202 Å². The van der Waals surface area contributed by atoms with Crippen LogP contribution in [0.15, 0.2) is 58.5 Å². The van der Waals surface area contributed by atoms with Crippen molar-refractivity contribution in [1.29, 1.82) is 0 Å². The van der Waals surface area contributed by atoms with Gasteiger partial charge in [-0.05, 0) is 48.5 Å². The number of nitro groups is 1. The highest BCUT2D eigenvalue weighted by molar-refractivity contribution is 6.39. The van der Waals surface area contributed by atoms with E-state index in [1.807, 2.05) is 0 Å². The highest BCUT2D eigenvalue weighted by atomic mass is 35.5. The molecule has 4 rings (SSSR count). The van der Waals surface area contributed by atoms with Crippen molar-refractivity contribution in [2.75, 3.05) is 19.1 Å². The molecule has 4 amide bonds. The lowest BCUT2D eigenvalue weighted by atomic mass is 10.1. The first-order chi connectivity index (χ1) is 16.7. The minimum atomic E-state index is -0.952. The molecule has 0 unspecified atom stereocenters. The van der Waals surface area contributed by atoms with Crippen LogP contribution in [0.3, 0.4) is 0 Å². The number of urea groups is 1. The number of nitrogens with zero attached hydrogens (tertiary/aromatic N) is 2. The molecule has 0 spiro atoms. The first-order valence-corrected chi connectivity index (χ1v) is 10.3. The predicted octanol–water partition coefficient (Wildman–Crippen LogP) is 4.19. The van der Waals surface area contributed by atoms with E-state index in [1.165, 1.54) is 62.8 Å². The van der Waals surface area contributed by atoms with Crippen molar-refractivity contribution < 1.29 is 33.2 Å². The number of ether oxygens (including phenoxy) is 2. The molecule has 11 nitrogen and oxygen atoms in total. The summed E-state index contributed by atoms with van der Waals surface area (Å²) < 4.78 is 15.8. The van der Waals surface area contributed by atoms with Gasteiger partial charge in [0.25, 0.3) is 17.5 Å². The Morgan fingerprint density at radius 2 is 1.83 bits per heavy atom. The summed E-state index contributed by atoms with van der Waals surface area (Å²) in [5, 5.41) is 13.7. The summed E-state index contributed by atoms with van der Waals surface area (Å²) in [5.41, 5.74) is -0.352. The maximum Gasteiger partial charge on any atom is 0.335 e. The van der Waals surface area contributed by atoms with E-state index < -0.39 is 22.8 Å². The molecule has 12 heteroatoms.